The van der Waals surface area contributed by atoms with E-state index in [1.807, 2.05) is 11.9 Å². The van der Waals surface area contributed by atoms with Crippen molar-refractivity contribution in [2.24, 2.45) is 0 Å². The number of amides is 1. The molecule has 0 radical (unpaired) electrons. The number of nitrogens with zero attached hydrogens (tertiary/aromatic N) is 3. The number of aryl methyl sites for hydroxylation is 1. The van der Waals surface area contributed by atoms with Crippen molar-refractivity contribution in [2.75, 3.05) is 23.8 Å². The summed E-state index contributed by atoms with van der Waals surface area (Å²) in [6.07, 6.45) is 1.99. The summed E-state index contributed by atoms with van der Waals surface area (Å²) >= 11 is 0. The van der Waals surface area contributed by atoms with Crippen LogP contribution in [-0.4, -0.2) is 29.5 Å². The van der Waals surface area contributed by atoms with Crippen molar-refractivity contribution in [2.45, 2.75) is 26.7 Å². The summed E-state index contributed by atoms with van der Waals surface area (Å²) in [7, 11) is 1.84. The number of aromatic nitrogens is 2. The van der Waals surface area contributed by atoms with Gasteiger partial charge in [-0.3, -0.25) is 4.79 Å². The molecule has 0 aliphatic rings. The highest BCUT2D eigenvalue weighted by molar-refractivity contribution is 6.03. The van der Waals surface area contributed by atoms with E-state index in [1.54, 1.807) is 6.92 Å². The fourth-order valence-corrected chi connectivity index (χ4v) is 2.13. The largest absolute Gasteiger partial charge is 0.344 e. The van der Waals surface area contributed by atoms with E-state index in [9.17, 15) is 13.6 Å². The van der Waals surface area contributed by atoms with Crippen LogP contribution in [0.1, 0.15) is 35.9 Å². The molecule has 7 heteroatoms. The summed E-state index contributed by atoms with van der Waals surface area (Å²) < 4.78 is 27.3. The van der Waals surface area contributed by atoms with E-state index in [2.05, 4.69) is 22.2 Å². The maximum atomic E-state index is 13.7. The van der Waals surface area contributed by atoms with Gasteiger partial charge in [-0.15, -0.1) is 0 Å². The van der Waals surface area contributed by atoms with Crippen LogP contribution in [0.3, 0.4) is 0 Å². The number of hydrogen-bond acceptors (Lipinski definition) is 4. The number of rotatable bonds is 6. The lowest BCUT2D eigenvalue weighted by Gasteiger charge is -2.17. The number of carbonyl (C=O) groups is 1. The number of halogens is 2. The van der Waals surface area contributed by atoms with Crippen molar-refractivity contribution >= 4 is 17.5 Å². The molecule has 0 saturated carbocycles. The number of anilines is 2. The highest BCUT2D eigenvalue weighted by Gasteiger charge is 2.16. The molecule has 0 spiro atoms. The Morgan fingerprint density at radius 2 is 1.92 bits per heavy atom. The van der Waals surface area contributed by atoms with Gasteiger partial charge in [-0.1, -0.05) is 19.4 Å². The van der Waals surface area contributed by atoms with E-state index >= 15 is 0 Å². The molecule has 0 aliphatic carbocycles. The zero-order valence-corrected chi connectivity index (χ0v) is 13.9. The molecular weight excluding hydrogens is 314 g/mol. The zero-order chi connectivity index (χ0) is 17.7. The van der Waals surface area contributed by atoms with Crippen LogP contribution in [0.4, 0.5) is 20.4 Å². The van der Waals surface area contributed by atoms with Gasteiger partial charge in [0, 0.05) is 19.3 Å². The number of hydrogen-bond donors (Lipinski definition) is 1. The Balaban J connectivity index is 2.25. The Hall–Kier alpha value is -2.57. The summed E-state index contributed by atoms with van der Waals surface area (Å²) in [5.74, 6) is -1.96. The fraction of sp³-hybridized carbons (Fsp3) is 0.353. The van der Waals surface area contributed by atoms with Gasteiger partial charge in [0.15, 0.2) is 0 Å². The number of unbranched alkanes of at least 4 members (excludes halogenated alkanes) is 1. The van der Waals surface area contributed by atoms with E-state index in [0.29, 0.717) is 11.6 Å². The van der Waals surface area contributed by atoms with Gasteiger partial charge in [0.25, 0.3) is 5.91 Å². The molecule has 2 rings (SSSR count). The molecule has 0 unspecified atom stereocenters. The molecule has 0 fully saturated rings. The first-order valence-corrected chi connectivity index (χ1v) is 7.74. The van der Waals surface area contributed by atoms with E-state index in [4.69, 9.17) is 0 Å². The van der Waals surface area contributed by atoms with Crippen molar-refractivity contribution in [3.05, 3.63) is 47.3 Å². The molecule has 0 bridgehead atoms. The smallest absolute Gasteiger partial charge is 0.274 e. The minimum absolute atomic E-state index is 0.0588. The average Bonchev–Trinajstić information content (AvgIpc) is 2.55. The van der Waals surface area contributed by atoms with Crippen LogP contribution in [0.15, 0.2) is 24.3 Å². The first kappa shape index (κ1) is 17.8. The van der Waals surface area contributed by atoms with Gasteiger partial charge in [0.2, 0.25) is 5.95 Å². The van der Waals surface area contributed by atoms with Crippen LogP contribution in [0.25, 0.3) is 0 Å². The first-order valence-electron chi connectivity index (χ1n) is 7.74. The molecule has 1 heterocycles. The third-order valence-corrected chi connectivity index (χ3v) is 3.46. The molecule has 2 aromatic rings. The average molecular weight is 334 g/mol. The SMILES string of the molecule is CCCCN(C)c1nc(C)cc(C(=O)Nc2c(F)cccc2F)n1. The second-order valence-corrected chi connectivity index (χ2v) is 5.52. The molecule has 1 aromatic heterocycles. The molecule has 0 aliphatic heterocycles. The summed E-state index contributed by atoms with van der Waals surface area (Å²) in [4.78, 5) is 22.6. The quantitative estimate of drug-likeness (QED) is 0.878. The van der Waals surface area contributed by atoms with E-state index in [1.165, 1.54) is 12.1 Å². The highest BCUT2D eigenvalue weighted by atomic mass is 19.1. The summed E-state index contributed by atoms with van der Waals surface area (Å²) in [5.41, 5.74) is 0.172. The molecule has 128 valence electrons. The van der Waals surface area contributed by atoms with Gasteiger partial charge in [0.05, 0.1) is 0 Å². The fourth-order valence-electron chi connectivity index (χ4n) is 2.13. The lowest BCUT2D eigenvalue weighted by atomic mass is 10.2. The molecule has 0 saturated heterocycles. The normalized spacial score (nSPS) is 10.5. The molecule has 1 N–H and O–H groups in total. The summed E-state index contributed by atoms with van der Waals surface area (Å²) in [6, 6.07) is 4.86. The zero-order valence-electron chi connectivity index (χ0n) is 13.9. The third-order valence-electron chi connectivity index (χ3n) is 3.46. The molecule has 0 atom stereocenters. The Labute approximate surface area is 139 Å². The Bertz CT molecular complexity index is 716. The van der Waals surface area contributed by atoms with E-state index in [-0.39, 0.29) is 5.69 Å². The van der Waals surface area contributed by atoms with Crippen molar-refractivity contribution in [3.63, 3.8) is 0 Å². The monoisotopic (exact) mass is 334 g/mol. The number of benzene rings is 1. The molecular formula is C17H20F2N4O. The predicted octanol–water partition coefficient (Wildman–Crippen LogP) is 3.55. The van der Waals surface area contributed by atoms with Crippen LogP contribution < -0.4 is 10.2 Å². The van der Waals surface area contributed by atoms with Crippen molar-refractivity contribution in [1.82, 2.24) is 9.97 Å². The number of carbonyl (C=O) groups excluding carboxylic acids is 1. The van der Waals surface area contributed by atoms with Gasteiger partial charge in [0.1, 0.15) is 23.0 Å². The van der Waals surface area contributed by atoms with Crippen LogP contribution in [0, 0.1) is 18.6 Å². The van der Waals surface area contributed by atoms with Crippen LogP contribution in [0.5, 0.6) is 0 Å². The van der Waals surface area contributed by atoms with Crippen molar-refractivity contribution < 1.29 is 13.6 Å². The Morgan fingerprint density at radius 3 is 2.54 bits per heavy atom. The number of nitrogens with one attached hydrogen (secondary N) is 1. The van der Waals surface area contributed by atoms with Gasteiger partial charge in [-0.2, -0.15) is 0 Å². The maximum absolute atomic E-state index is 13.7. The maximum Gasteiger partial charge on any atom is 0.274 e. The van der Waals surface area contributed by atoms with Gasteiger partial charge in [-0.05, 0) is 31.5 Å². The van der Waals surface area contributed by atoms with Gasteiger partial charge < -0.3 is 10.2 Å². The lowest BCUT2D eigenvalue weighted by Crippen LogP contribution is -2.23. The summed E-state index contributed by atoms with van der Waals surface area (Å²) in [5, 5.41) is 2.23. The second kappa shape index (κ2) is 7.81. The van der Waals surface area contributed by atoms with Crippen molar-refractivity contribution in [3.8, 4) is 0 Å². The van der Waals surface area contributed by atoms with Crippen LogP contribution in [-0.2, 0) is 0 Å². The Morgan fingerprint density at radius 1 is 1.25 bits per heavy atom. The van der Waals surface area contributed by atoms with Crippen molar-refractivity contribution in [1.29, 1.82) is 0 Å². The molecule has 1 aromatic carbocycles. The minimum atomic E-state index is -0.839. The van der Waals surface area contributed by atoms with Gasteiger partial charge >= 0.3 is 0 Å². The Kier molecular flexibility index (Phi) is 5.78. The van der Waals surface area contributed by atoms with Crippen LogP contribution in [0.2, 0.25) is 0 Å². The van der Waals surface area contributed by atoms with E-state index in [0.717, 1.165) is 31.5 Å². The lowest BCUT2D eigenvalue weighted by molar-refractivity contribution is 0.102. The topological polar surface area (TPSA) is 58.1 Å². The third kappa shape index (κ3) is 4.24. The predicted molar refractivity (Wildman–Crippen MR) is 89.3 cm³/mol. The van der Waals surface area contributed by atoms with E-state index < -0.39 is 23.2 Å². The molecule has 24 heavy (non-hydrogen) atoms. The van der Waals surface area contributed by atoms with Crippen LogP contribution >= 0.6 is 0 Å². The number of para-hydroxylation sites is 1. The highest BCUT2D eigenvalue weighted by Crippen LogP contribution is 2.19. The minimum Gasteiger partial charge on any atom is -0.344 e. The molecule has 5 nitrogen and oxygen atoms in total. The second-order valence-electron chi connectivity index (χ2n) is 5.52. The van der Waals surface area contributed by atoms with Gasteiger partial charge in [-0.25, -0.2) is 18.7 Å². The molecule has 1 amide bonds. The standard InChI is InChI=1S/C17H20F2N4O/c1-4-5-9-23(3)17-20-11(2)10-14(21-17)16(24)22-15-12(18)7-6-8-13(15)19/h6-8,10H,4-5,9H2,1-3H3,(H,22,24). The summed E-state index contributed by atoms with van der Waals surface area (Å²) in [6.45, 7) is 4.56. The first-order chi connectivity index (χ1) is 11.4.